The third-order valence-electron chi connectivity index (χ3n) is 3.27. The van der Waals surface area contributed by atoms with Crippen LogP contribution in [0.15, 0.2) is 0 Å². The molecule has 2 unspecified atom stereocenters. The van der Waals surface area contributed by atoms with E-state index in [-0.39, 0.29) is 29.8 Å². The Bertz CT molecular complexity index is 301. The van der Waals surface area contributed by atoms with Crippen molar-refractivity contribution in [2.24, 2.45) is 17.8 Å². The second-order valence-corrected chi connectivity index (χ2v) is 5.34. The van der Waals surface area contributed by atoms with E-state index in [1.54, 1.807) is 6.92 Å². The van der Waals surface area contributed by atoms with Crippen LogP contribution in [0.1, 0.15) is 27.7 Å². The van der Waals surface area contributed by atoms with E-state index in [9.17, 15) is 9.59 Å². The lowest BCUT2D eigenvalue weighted by Gasteiger charge is -2.31. The average molecular weight is 256 g/mol. The van der Waals surface area contributed by atoms with E-state index in [1.165, 1.54) is 0 Å². The lowest BCUT2D eigenvalue weighted by atomic mass is 9.88. The van der Waals surface area contributed by atoms with Crippen LogP contribution in [-0.2, 0) is 14.3 Å². The zero-order valence-electron chi connectivity index (χ0n) is 11.7. The standard InChI is InChI=1S/C13H24N2O3/c1-8(2)18-13(17)9(3)5-15-12(16)10(4)11-6-14-7-11/h8-11,14H,5-7H2,1-4H3,(H,15,16). The van der Waals surface area contributed by atoms with Crippen molar-refractivity contribution < 1.29 is 14.3 Å². The lowest BCUT2D eigenvalue weighted by Crippen LogP contribution is -2.50. The number of ether oxygens (including phenoxy) is 1. The number of esters is 1. The number of amides is 1. The molecule has 0 radical (unpaired) electrons. The third-order valence-corrected chi connectivity index (χ3v) is 3.27. The van der Waals surface area contributed by atoms with E-state index in [4.69, 9.17) is 4.74 Å². The molecule has 0 aromatic heterocycles. The predicted molar refractivity (Wildman–Crippen MR) is 68.9 cm³/mol. The van der Waals surface area contributed by atoms with Crippen LogP contribution >= 0.6 is 0 Å². The minimum Gasteiger partial charge on any atom is -0.463 e. The topological polar surface area (TPSA) is 67.4 Å². The van der Waals surface area contributed by atoms with E-state index < -0.39 is 0 Å². The van der Waals surface area contributed by atoms with Gasteiger partial charge in [0.25, 0.3) is 0 Å². The van der Waals surface area contributed by atoms with Gasteiger partial charge in [-0.15, -0.1) is 0 Å². The minimum atomic E-state index is -0.303. The fraction of sp³-hybridized carbons (Fsp3) is 0.846. The molecule has 0 saturated carbocycles. The Kier molecular flexibility index (Phi) is 5.59. The van der Waals surface area contributed by atoms with Gasteiger partial charge in [-0.2, -0.15) is 0 Å². The van der Waals surface area contributed by atoms with Gasteiger partial charge in [0, 0.05) is 12.5 Å². The highest BCUT2D eigenvalue weighted by atomic mass is 16.5. The first-order valence-corrected chi connectivity index (χ1v) is 6.60. The van der Waals surface area contributed by atoms with E-state index in [2.05, 4.69) is 10.6 Å². The van der Waals surface area contributed by atoms with Gasteiger partial charge < -0.3 is 15.4 Å². The molecule has 2 N–H and O–H groups in total. The van der Waals surface area contributed by atoms with Crippen molar-refractivity contribution in [2.45, 2.75) is 33.8 Å². The van der Waals surface area contributed by atoms with Crippen molar-refractivity contribution in [3.05, 3.63) is 0 Å². The second kappa shape index (κ2) is 6.73. The Morgan fingerprint density at radius 3 is 2.33 bits per heavy atom. The Labute approximate surface area is 109 Å². The van der Waals surface area contributed by atoms with Gasteiger partial charge in [0.2, 0.25) is 5.91 Å². The summed E-state index contributed by atoms with van der Waals surface area (Å²) in [6.45, 7) is 9.47. The summed E-state index contributed by atoms with van der Waals surface area (Å²) >= 11 is 0. The molecule has 0 aromatic rings. The summed E-state index contributed by atoms with van der Waals surface area (Å²) in [6, 6.07) is 0. The summed E-state index contributed by atoms with van der Waals surface area (Å²) in [4.78, 5) is 23.4. The summed E-state index contributed by atoms with van der Waals surface area (Å²) < 4.78 is 5.08. The molecule has 0 aromatic carbocycles. The molecular weight excluding hydrogens is 232 g/mol. The van der Waals surface area contributed by atoms with Gasteiger partial charge in [0.05, 0.1) is 12.0 Å². The van der Waals surface area contributed by atoms with Gasteiger partial charge in [-0.1, -0.05) is 13.8 Å². The Morgan fingerprint density at radius 2 is 1.89 bits per heavy atom. The molecule has 18 heavy (non-hydrogen) atoms. The zero-order valence-corrected chi connectivity index (χ0v) is 11.7. The van der Waals surface area contributed by atoms with Gasteiger partial charge in [-0.05, 0) is 32.9 Å². The van der Waals surface area contributed by atoms with E-state index >= 15 is 0 Å². The van der Waals surface area contributed by atoms with Crippen molar-refractivity contribution in [2.75, 3.05) is 19.6 Å². The molecule has 104 valence electrons. The quantitative estimate of drug-likeness (QED) is 0.681. The zero-order chi connectivity index (χ0) is 13.7. The van der Waals surface area contributed by atoms with Gasteiger partial charge in [0.15, 0.2) is 0 Å². The molecule has 1 rings (SSSR count). The number of hydrogen-bond donors (Lipinski definition) is 2. The monoisotopic (exact) mass is 256 g/mol. The molecule has 1 fully saturated rings. The average Bonchev–Trinajstić information content (AvgIpc) is 2.21. The van der Waals surface area contributed by atoms with Crippen molar-refractivity contribution in [1.29, 1.82) is 0 Å². The SMILES string of the molecule is CC(C)OC(=O)C(C)CNC(=O)C(C)C1CNC1. The van der Waals surface area contributed by atoms with Gasteiger partial charge in [0.1, 0.15) is 0 Å². The van der Waals surface area contributed by atoms with Crippen LogP contribution in [0.3, 0.4) is 0 Å². The second-order valence-electron chi connectivity index (χ2n) is 5.34. The minimum absolute atomic E-state index is 0.000399. The van der Waals surface area contributed by atoms with E-state index in [0.717, 1.165) is 13.1 Å². The van der Waals surface area contributed by atoms with Crippen LogP contribution in [0.25, 0.3) is 0 Å². The molecule has 0 bridgehead atoms. The number of carbonyl (C=O) groups excluding carboxylic acids is 2. The fourth-order valence-electron chi connectivity index (χ4n) is 1.73. The maximum Gasteiger partial charge on any atom is 0.310 e. The summed E-state index contributed by atoms with van der Waals surface area (Å²) in [7, 11) is 0. The number of carbonyl (C=O) groups is 2. The van der Waals surface area contributed by atoms with E-state index in [1.807, 2.05) is 20.8 Å². The number of rotatable bonds is 6. The van der Waals surface area contributed by atoms with Crippen molar-refractivity contribution in [3.63, 3.8) is 0 Å². The Morgan fingerprint density at radius 1 is 1.28 bits per heavy atom. The van der Waals surface area contributed by atoms with Crippen LogP contribution in [0.2, 0.25) is 0 Å². The molecule has 0 spiro atoms. The molecule has 1 amide bonds. The number of nitrogens with one attached hydrogen (secondary N) is 2. The predicted octanol–water partition coefficient (Wildman–Crippen LogP) is 0.546. The molecule has 5 heteroatoms. The molecule has 1 aliphatic rings. The highest BCUT2D eigenvalue weighted by molar-refractivity contribution is 5.80. The Hall–Kier alpha value is -1.10. The maximum atomic E-state index is 11.8. The first-order chi connectivity index (χ1) is 8.41. The normalized spacial score (nSPS) is 18.9. The van der Waals surface area contributed by atoms with Gasteiger partial charge in [-0.25, -0.2) is 0 Å². The molecule has 1 heterocycles. The van der Waals surface area contributed by atoms with Crippen molar-refractivity contribution in [1.82, 2.24) is 10.6 Å². The van der Waals surface area contributed by atoms with E-state index in [0.29, 0.717) is 12.5 Å². The Balaban J connectivity index is 2.26. The highest BCUT2D eigenvalue weighted by Crippen LogP contribution is 2.15. The highest BCUT2D eigenvalue weighted by Gasteiger charge is 2.29. The van der Waals surface area contributed by atoms with Crippen LogP contribution in [0.5, 0.6) is 0 Å². The van der Waals surface area contributed by atoms with Gasteiger partial charge in [-0.3, -0.25) is 9.59 Å². The van der Waals surface area contributed by atoms with Crippen molar-refractivity contribution >= 4 is 11.9 Å². The molecule has 1 saturated heterocycles. The van der Waals surface area contributed by atoms with Crippen LogP contribution in [0, 0.1) is 17.8 Å². The first kappa shape index (κ1) is 15.0. The van der Waals surface area contributed by atoms with Gasteiger partial charge >= 0.3 is 5.97 Å². The molecule has 0 aliphatic carbocycles. The number of hydrogen-bond acceptors (Lipinski definition) is 4. The molecule has 1 aliphatic heterocycles. The van der Waals surface area contributed by atoms with Crippen LogP contribution in [-0.4, -0.2) is 37.6 Å². The maximum absolute atomic E-state index is 11.8. The summed E-state index contributed by atoms with van der Waals surface area (Å²) in [5.41, 5.74) is 0. The smallest absolute Gasteiger partial charge is 0.310 e. The summed E-state index contributed by atoms with van der Waals surface area (Å²) in [5.74, 6) is -0.125. The summed E-state index contributed by atoms with van der Waals surface area (Å²) in [6.07, 6.45) is -0.115. The fourth-order valence-corrected chi connectivity index (χ4v) is 1.73. The van der Waals surface area contributed by atoms with Crippen LogP contribution in [0.4, 0.5) is 0 Å². The molecular formula is C13H24N2O3. The summed E-state index contributed by atoms with van der Waals surface area (Å²) in [5, 5.41) is 5.97. The largest absolute Gasteiger partial charge is 0.463 e. The third kappa shape index (κ3) is 4.29. The lowest BCUT2D eigenvalue weighted by molar-refractivity contribution is -0.151. The first-order valence-electron chi connectivity index (χ1n) is 6.60. The van der Waals surface area contributed by atoms with Crippen molar-refractivity contribution in [3.8, 4) is 0 Å². The molecule has 5 nitrogen and oxygen atoms in total. The van der Waals surface area contributed by atoms with Crippen LogP contribution < -0.4 is 10.6 Å². The molecule has 2 atom stereocenters.